The summed E-state index contributed by atoms with van der Waals surface area (Å²) in [6.45, 7) is 21.6. The van der Waals surface area contributed by atoms with Crippen LogP contribution in [0.25, 0.3) is 0 Å². The van der Waals surface area contributed by atoms with Crippen molar-refractivity contribution in [3.63, 3.8) is 0 Å². The third-order valence-corrected chi connectivity index (χ3v) is 23.4. The van der Waals surface area contributed by atoms with Crippen LogP contribution in [0.1, 0.15) is 55.4 Å². The molecule has 0 heterocycles. The normalized spacial score (nSPS) is 14.5. The van der Waals surface area contributed by atoms with E-state index >= 15 is 0 Å². The molecule has 0 amide bonds. The third-order valence-electron chi connectivity index (χ3n) is 5.21. The number of rotatable bonds is 6. The molecule has 0 aromatic heterocycles. The highest BCUT2D eigenvalue weighted by molar-refractivity contribution is 7.26. The van der Waals surface area contributed by atoms with Gasteiger partial charge in [-0.1, -0.05) is 73.0 Å². The summed E-state index contributed by atoms with van der Waals surface area (Å²) in [6.07, 6.45) is 0. The summed E-state index contributed by atoms with van der Waals surface area (Å²) in [4.78, 5) is 0. The van der Waals surface area contributed by atoms with E-state index in [2.05, 4.69) is 61.9 Å². The van der Waals surface area contributed by atoms with Crippen LogP contribution in [0.5, 0.6) is 0 Å². The predicted molar refractivity (Wildman–Crippen MR) is 88.4 cm³/mol. The van der Waals surface area contributed by atoms with Crippen molar-refractivity contribution in [1.82, 2.24) is 0 Å². The molecule has 0 saturated carbocycles. The van der Waals surface area contributed by atoms with Crippen LogP contribution in [-0.4, -0.2) is 15.5 Å². The minimum atomic E-state index is -1.63. The average Bonchev–Trinajstić information content (AvgIpc) is 2.15. The van der Waals surface area contributed by atoms with Crippen molar-refractivity contribution in [1.29, 1.82) is 0 Å². The highest BCUT2D eigenvalue weighted by Crippen LogP contribution is 2.47. The summed E-state index contributed by atoms with van der Waals surface area (Å²) < 4.78 is 0. The van der Waals surface area contributed by atoms with Gasteiger partial charge in [0.05, 0.1) is 8.07 Å². The molecule has 0 aliphatic heterocycles. The standard InChI is InChI=1S/C14H33ClSi2/c1-11(2)16(9,12(3)4)10-17(15,13(5)6)14(7)8/h11-14H,10H2,1-9H3. The molecule has 0 rings (SSSR count). The monoisotopic (exact) mass is 292 g/mol. The maximum Gasteiger partial charge on any atom is 0.159 e. The second-order valence-corrected chi connectivity index (χ2v) is 20.2. The molecule has 3 heteroatoms. The zero-order valence-corrected chi connectivity index (χ0v) is 16.2. The Bertz CT molecular complexity index is 194. The van der Waals surface area contributed by atoms with Gasteiger partial charge in [-0.2, -0.15) is 11.1 Å². The predicted octanol–water partition coefficient (Wildman–Crippen LogP) is 6.43. The van der Waals surface area contributed by atoms with Gasteiger partial charge in [0.15, 0.2) is 7.38 Å². The van der Waals surface area contributed by atoms with Crippen LogP contribution in [-0.2, 0) is 0 Å². The Morgan fingerprint density at radius 3 is 1.18 bits per heavy atom. The van der Waals surface area contributed by atoms with Crippen molar-refractivity contribution in [2.24, 2.45) is 0 Å². The van der Waals surface area contributed by atoms with Gasteiger partial charge < -0.3 is 0 Å². The lowest BCUT2D eigenvalue weighted by molar-refractivity contribution is 0.875. The Kier molecular flexibility index (Phi) is 6.51. The first-order chi connectivity index (χ1) is 7.48. The number of halogens is 1. The second kappa shape index (κ2) is 6.25. The summed E-state index contributed by atoms with van der Waals surface area (Å²) in [5, 5.41) is 0. The van der Waals surface area contributed by atoms with E-state index in [-0.39, 0.29) is 0 Å². The molecule has 0 atom stereocenters. The molecule has 0 aliphatic carbocycles. The van der Waals surface area contributed by atoms with E-state index in [9.17, 15) is 0 Å². The summed E-state index contributed by atoms with van der Waals surface area (Å²) in [5.74, 6) is 0. The Labute approximate surface area is 116 Å². The average molecular weight is 293 g/mol. The van der Waals surface area contributed by atoms with E-state index in [0.29, 0.717) is 11.1 Å². The first-order valence-electron chi connectivity index (χ1n) is 7.17. The highest BCUT2D eigenvalue weighted by atomic mass is 35.6. The smallest absolute Gasteiger partial charge is 0.159 e. The van der Waals surface area contributed by atoms with Gasteiger partial charge in [0, 0.05) is 0 Å². The molecule has 0 spiro atoms. The first kappa shape index (κ1) is 17.7. The van der Waals surface area contributed by atoms with Gasteiger partial charge in [-0.05, 0) is 16.7 Å². The molecule has 0 fully saturated rings. The van der Waals surface area contributed by atoms with Crippen molar-refractivity contribution >= 4 is 26.5 Å². The minimum absolute atomic E-state index is 0.688. The van der Waals surface area contributed by atoms with E-state index in [1.54, 1.807) is 0 Å². The lowest BCUT2D eigenvalue weighted by Crippen LogP contribution is -2.49. The van der Waals surface area contributed by atoms with Crippen molar-refractivity contribution in [2.75, 3.05) is 0 Å². The largest absolute Gasteiger partial charge is 0.167 e. The van der Waals surface area contributed by atoms with Crippen LogP contribution in [0.4, 0.5) is 0 Å². The molecule has 104 valence electrons. The molecule has 0 saturated heterocycles. The molecular formula is C14H33ClSi2. The first-order valence-corrected chi connectivity index (χ1v) is 13.4. The maximum atomic E-state index is 7.16. The van der Waals surface area contributed by atoms with Crippen molar-refractivity contribution in [3.8, 4) is 0 Å². The van der Waals surface area contributed by atoms with E-state index in [0.717, 1.165) is 11.1 Å². The van der Waals surface area contributed by atoms with Gasteiger partial charge in [0.1, 0.15) is 0 Å². The quantitative estimate of drug-likeness (QED) is 0.391. The van der Waals surface area contributed by atoms with Crippen LogP contribution in [0.3, 0.4) is 0 Å². The van der Waals surface area contributed by atoms with Crippen LogP contribution in [0, 0.1) is 0 Å². The molecule has 0 bridgehead atoms. The van der Waals surface area contributed by atoms with Crippen LogP contribution in [0.15, 0.2) is 0 Å². The van der Waals surface area contributed by atoms with Gasteiger partial charge in [0.2, 0.25) is 0 Å². The summed E-state index contributed by atoms with van der Waals surface area (Å²) in [7, 11) is -2.87. The van der Waals surface area contributed by atoms with Gasteiger partial charge >= 0.3 is 0 Å². The minimum Gasteiger partial charge on any atom is -0.167 e. The Morgan fingerprint density at radius 2 is 1.00 bits per heavy atom. The molecule has 0 aromatic rings. The molecule has 0 N–H and O–H groups in total. The summed E-state index contributed by atoms with van der Waals surface area (Å²) >= 11 is 7.16. The Morgan fingerprint density at radius 1 is 0.706 bits per heavy atom. The molecule has 0 nitrogen and oxygen atoms in total. The Hall–Kier alpha value is 0.724. The van der Waals surface area contributed by atoms with Crippen molar-refractivity contribution in [2.45, 2.75) is 89.8 Å². The summed E-state index contributed by atoms with van der Waals surface area (Å²) in [5.41, 5.74) is 4.44. The molecule has 17 heavy (non-hydrogen) atoms. The highest BCUT2D eigenvalue weighted by Gasteiger charge is 2.47. The molecule has 0 unspecified atom stereocenters. The van der Waals surface area contributed by atoms with Gasteiger partial charge in [0.25, 0.3) is 0 Å². The molecule has 0 aliphatic rings. The van der Waals surface area contributed by atoms with Gasteiger partial charge in [-0.15, -0.1) is 0 Å². The fourth-order valence-corrected chi connectivity index (χ4v) is 19.2. The van der Waals surface area contributed by atoms with Gasteiger partial charge in [-0.3, -0.25) is 0 Å². The molecule has 0 aromatic carbocycles. The number of hydrogen-bond acceptors (Lipinski definition) is 0. The molecule has 0 radical (unpaired) electrons. The second-order valence-electron chi connectivity index (χ2n) is 7.23. The van der Waals surface area contributed by atoms with Crippen LogP contribution >= 0.6 is 11.1 Å². The van der Waals surface area contributed by atoms with Crippen LogP contribution in [0.2, 0.25) is 34.4 Å². The van der Waals surface area contributed by atoms with E-state index in [1.165, 1.54) is 5.67 Å². The number of hydrogen-bond donors (Lipinski definition) is 0. The zero-order valence-electron chi connectivity index (χ0n) is 13.4. The zero-order chi connectivity index (χ0) is 14.0. The SMILES string of the molecule is CC(C)[Si](C)(C[Si](Cl)(C(C)C)C(C)C)C(C)C. The van der Waals surface area contributed by atoms with Crippen molar-refractivity contribution < 1.29 is 0 Å². The lowest BCUT2D eigenvalue weighted by atomic mass is 10.5. The third kappa shape index (κ3) is 3.84. The maximum absolute atomic E-state index is 7.16. The topological polar surface area (TPSA) is 0 Å². The Balaban J connectivity index is 5.22. The van der Waals surface area contributed by atoms with Gasteiger partial charge in [-0.25, -0.2) is 0 Å². The van der Waals surface area contributed by atoms with E-state index < -0.39 is 15.5 Å². The fraction of sp³-hybridized carbons (Fsp3) is 1.00. The lowest BCUT2D eigenvalue weighted by Gasteiger charge is -2.44. The van der Waals surface area contributed by atoms with Crippen LogP contribution < -0.4 is 0 Å². The van der Waals surface area contributed by atoms with E-state index in [4.69, 9.17) is 11.1 Å². The van der Waals surface area contributed by atoms with Crippen molar-refractivity contribution in [3.05, 3.63) is 0 Å². The molecular weight excluding hydrogens is 260 g/mol. The van der Waals surface area contributed by atoms with E-state index in [1.807, 2.05) is 0 Å². The summed E-state index contributed by atoms with van der Waals surface area (Å²) in [6, 6.07) is 0. The fourth-order valence-electron chi connectivity index (χ4n) is 2.73.